The number of aliphatic hydroxyl groups is 1. The van der Waals surface area contributed by atoms with Gasteiger partial charge in [-0.2, -0.15) is 0 Å². The predicted octanol–water partition coefficient (Wildman–Crippen LogP) is 3.64. The standard InChI is InChI=1S/C28H29FN6O4/c29-20-9-7-18(8-10-20)25-26(22-11-13-31-28(33-22)30-12-4-14-36)35-23(34-25)15-24-38-16-19(17-39-24)27(37)32-21-5-2-1-3-6-21/h1-3,5-11,13,19,24,36H,4,12,14-17H2,(H,32,37)(H,34,35)(H,30,31,33). The second kappa shape index (κ2) is 12.6. The van der Waals surface area contributed by atoms with Crippen molar-refractivity contribution in [2.75, 3.05) is 37.0 Å². The molecule has 0 bridgehead atoms. The zero-order valence-electron chi connectivity index (χ0n) is 21.1. The summed E-state index contributed by atoms with van der Waals surface area (Å²) in [6.07, 6.45) is 1.92. The van der Waals surface area contributed by atoms with Crippen molar-refractivity contribution in [3.05, 3.63) is 78.5 Å². The third-order valence-electron chi connectivity index (χ3n) is 6.14. The van der Waals surface area contributed by atoms with Crippen molar-refractivity contribution in [3.63, 3.8) is 0 Å². The second-order valence-corrected chi connectivity index (χ2v) is 9.04. The van der Waals surface area contributed by atoms with Crippen LogP contribution in [0.5, 0.6) is 0 Å². The first-order valence-electron chi connectivity index (χ1n) is 12.7. The number of nitrogens with one attached hydrogen (secondary N) is 3. The summed E-state index contributed by atoms with van der Waals surface area (Å²) in [7, 11) is 0. The number of para-hydroxylation sites is 1. The number of rotatable bonds is 10. The minimum absolute atomic E-state index is 0.0646. The van der Waals surface area contributed by atoms with Gasteiger partial charge in [0.05, 0.1) is 42.6 Å². The number of aromatic amines is 1. The van der Waals surface area contributed by atoms with E-state index in [1.165, 1.54) is 12.1 Å². The lowest BCUT2D eigenvalue weighted by atomic mass is 10.1. The number of ether oxygens (including phenoxy) is 2. The SMILES string of the molecule is O=C(Nc1ccccc1)C1COC(Cc2nc(-c3ccc(F)cc3)c(-c3ccnc(NCCCO)n3)[nH]2)OC1. The lowest BCUT2D eigenvalue weighted by Crippen LogP contribution is -2.39. The van der Waals surface area contributed by atoms with E-state index in [0.29, 0.717) is 53.8 Å². The molecule has 4 aromatic rings. The number of aromatic nitrogens is 4. The van der Waals surface area contributed by atoms with Crippen LogP contribution >= 0.6 is 0 Å². The average molecular weight is 533 g/mol. The second-order valence-electron chi connectivity index (χ2n) is 9.04. The minimum Gasteiger partial charge on any atom is -0.396 e. The van der Waals surface area contributed by atoms with Crippen LogP contribution in [0.3, 0.4) is 0 Å². The quantitative estimate of drug-likeness (QED) is 0.228. The molecule has 202 valence electrons. The monoisotopic (exact) mass is 532 g/mol. The molecule has 3 heterocycles. The van der Waals surface area contributed by atoms with Crippen LogP contribution in [0.15, 0.2) is 66.9 Å². The van der Waals surface area contributed by atoms with Gasteiger partial charge in [0.15, 0.2) is 6.29 Å². The van der Waals surface area contributed by atoms with Crippen LogP contribution in [0.4, 0.5) is 16.0 Å². The highest BCUT2D eigenvalue weighted by Gasteiger charge is 2.29. The van der Waals surface area contributed by atoms with Gasteiger partial charge >= 0.3 is 0 Å². The highest BCUT2D eigenvalue weighted by Crippen LogP contribution is 2.30. The van der Waals surface area contributed by atoms with Crippen LogP contribution in [-0.2, 0) is 20.7 Å². The van der Waals surface area contributed by atoms with Gasteiger partial charge in [-0.3, -0.25) is 4.79 Å². The molecule has 11 heteroatoms. The normalized spacial score (nSPS) is 17.1. The Morgan fingerprint density at radius 1 is 1.05 bits per heavy atom. The molecule has 0 atom stereocenters. The molecule has 1 fully saturated rings. The number of carbonyl (C=O) groups is 1. The third kappa shape index (κ3) is 6.82. The third-order valence-corrected chi connectivity index (χ3v) is 6.14. The number of benzene rings is 2. The number of amides is 1. The Bertz CT molecular complexity index is 1370. The molecule has 1 saturated heterocycles. The van der Waals surface area contributed by atoms with Gasteiger partial charge < -0.3 is 30.2 Å². The molecule has 5 rings (SSSR count). The van der Waals surface area contributed by atoms with Gasteiger partial charge in [-0.25, -0.2) is 19.3 Å². The van der Waals surface area contributed by atoms with E-state index >= 15 is 0 Å². The van der Waals surface area contributed by atoms with E-state index in [0.717, 1.165) is 5.69 Å². The molecule has 0 aliphatic carbocycles. The number of halogens is 1. The number of H-pyrrole nitrogens is 1. The zero-order valence-corrected chi connectivity index (χ0v) is 21.1. The fourth-order valence-corrected chi connectivity index (χ4v) is 4.12. The van der Waals surface area contributed by atoms with Crippen LogP contribution in [0.2, 0.25) is 0 Å². The van der Waals surface area contributed by atoms with E-state index in [2.05, 4.69) is 25.6 Å². The van der Waals surface area contributed by atoms with E-state index in [1.54, 1.807) is 24.4 Å². The summed E-state index contributed by atoms with van der Waals surface area (Å²) in [5.74, 6) is 0.0750. The maximum atomic E-state index is 13.6. The predicted molar refractivity (Wildman–Crippen MR) is 143 cm³/mol. The summed E-state index contributed by atoms with van der Waals surface area (Å²) in [6.45, 7) is 1.03. The van der Waals surface area contributed by atoms with Gasteiger partial charge in [0.2, 0.25) is 11.9 Å². The molecule has 4 N–H and O–H groups in total. The Kier molecular flexibility index (Phi) is 8.51. The first-order valence-corrected chi connectivity index (χ1v) is 12.7. The lowest BCUT2D eigenvalue weighted by Gasteiger charge is -2.28. The van der Waals surface area contributed by atoms with Crippen molar-refractivity contribution in [1.82, 2.24) is 19.9 Å². The van der Waals surface area contributed by atoms with Gasteiger partial charge in [0.25, 0.3) is 0 Å². The zero-order chi connectivity index (χ0) is 27.0. The summed E-state index contributed by atoms with van der Waals surface area (Å²) in [5.41, 5.74) is 3.27. The molecule has 39 heavy (non-hydrogen) atoms. The Labute approximate surface area is 224 Å². The number of anilines is 2. The van der Waals surface area contributed by atoms with Crippen molar-refractivity contribution in [3.8, 4) is 22.6 Å². The summed E-state index contributed by atoms with van der Waals surface area (Å²) in [5, 5.41) is 15.0. The molecule has 0 saturated carbocycles. The highest BCUT2D eigenvalue weighted by atomic mass is 19.1. The van der Waals surface area contributed by atoms with Gasteiger partial charge in [-0.05, 0) is 48.9 Å². The molecule has 1 aliphatic heterocycles. The molecule has 1 aliphatic rings. The number of aliphatic hydroxyl groups excluding tert-OH is 1. The van der Waals surface area contributed by atoms with Crippen molar-refractivity contribution in [2.24, 2.45) is 5.92 Å². The average Bonchev–Trinajstić information content (AvgIpc) is 3.38. The van der Waals surface area contributed by atoms with E-state index in [9.17, 15) is 9.18 Å². The topological polar surface area (TPSA) is 134 Å². The van der Waals surface area contributed by atoms with Crippen LogP contribution in [-0.4, -0.2) is 63.6 Å². The fourth-order valence-electron chi connectivity index (χ4n) is 4.12. The Hall–Kier alpha value is -4.19. The number of carbonyl (C=O) groups excluding carboxylic acids is 1. The number of hydrogen-bond donors (Lipinski definition) is 4. The Morgan fingerprint density at radius 2 is 1.82 bits per heavy atom. The molecule has 2 aromatic heterocycles. The molecular formula is C28H29FN6O4. The van der Waals surface area contributed by atoms with Gasteiger partial charge in [-0.15, -0.1) is 0 Å². The maximum absolute atomic E-state index is 13.6. The molecule has 10 nitrogen and oxygen atoms in total. The Balaban J connectivity index is 1.30. The Morgan fingerprint density at radius 3 is 2.56 bits per heavy atom. The number of imidazole rings is 1. The van der Waals surface area contributed by atoms with Crippen molar-refractivity contribution in [2.45, 2.75) is 19.1 Å². The molecule has 0 radical (unpaired) electrons. The highest BCUT2D eigenvalue weighted by molar-refractivity contribution is 5.92. The molecular weight excluding hydrogens is 503 g/mol. The number of nitrogens with zero attached hydrogens (tertiary/aromatic N) is 3. The summed E-state index contributed by atoms with van der Waals surface area (Å²) in [6, 6.07) is 17.1. The first kappa shape index (κ1) is 26.4. The maximum Gasteiger partial charge on any atom is 0.232 e. The molecule has 0 spiro atoms. The van der Waals surface area contributed by atoms with E-state index in [-0.39, 0.29) is 31.5 Å². The smallest absolute Gasteiger partial charge is 0.232 e. The largest absolute Gasteiger partial charge is 0.396 e. The summed E-state index contributed by atoms with van der Waals surface area (Å²) in [4.78, 5) is 29.5. The van der Waals surface area contributed by atoms with Gasteiger partial charge in [0, 0.05) is 30.6 Å². The van der Waals surface area contributed by atoms with E-state index in [4.69, 9.17) is 19.6 Å². The first-order chi connectivity index (χ1) is 19.1. The minimum atomic E-state index is -0.591. The lowest BCUT2D eigenvalue weighted by molar-refractivity contribution is -0.199. The fraction of sp³-hybridized carbons (Fsp3) is 0.286. The van der Waals surface area contributed by atoms with Crippen LogP contribution < -0.4 is 10.6 Å². The molecule has 0 unspecified atom stereocenters. The van der Waals surface area contributed by atoms with E-state index < -0.39 is 12.2 Å². The summed E-state index contributed by atoms with van der Waals surface area (Å²) < 4.78 is 25.3. The van der Waals surface area contributed by atoms with Gasteiger partial charge in [0.1, 0.15) is 11.6 Å². The van der Waals surface area contributed by atoms with Crippen LogP contribution in [0, 0.1) is 11.7 Å². The van der Waals surface area contributed by atoms with Gasteiger partial charge in [-0.1, -0.05) is 18.2 Å². The van der Waals surface area contributed by atoms with E-state index in [1.807, 2.05) is 30.3 Å². The molecule has 1 amide bonds. The van der Waals surface area contributed by atoms with Crippen molar-refractivity contribution >= 4 is 17.5 Å². The molecule has 2 aromatic carbocycles. The van der Waals surface area contributed by atoms with Crippen LogP contribution in [0.1, 0.15) is 12.2 Å². The van der Waals surface area contributed by atoms with Crippen LogP contribution in [0.25, 0.3) is 22.6 Å². The number of hydrogen-bond acceptors (Lipinski definition) is 8. The van der Waals surface area contributed by atoms with Crippen molar-refractivity contribution < 1.29 is 23.8 Å². The van der Waals surface area contributed by atoms with Crippen molar-refractivity contribution in [1.29, 1.82) is 0 Å². The summed E-state index contributed by atoms with van der Waals surface area (Å²) >= 11 is 0.